The lowest BCUT2D eigenvalue weighted by Crippen LogP contribution is -2.03. The summed E-state index contributed by atoms with van der Waals surface area (Å²) < 4.78 is 2.04. The maximum absolute atomic E-state index is 5.93. The maximum Gasteiger partial charge on any atom is 0.202 e. The van der Waals surface area contributed by atoms with Crippen molar-refractivity contribution in [1.82, 2.24) is 14.5 Å². The Morgan fingerprint density at radius 3 is 3.12 bits per heavy atom. The first-order valence-electron chi connectivity index (χ1n) is 5.49. The Labute approximate surface area is 98.4 Å². The molecular weight excluding hydrogens is 224 g/mol. The summed E-state index contributed by atoms with van der Waals surface area (Å²) in [5.41, 5.74) is 7.56. The summed E-state index contributed by atoms with van der Waals surface area (Å²) in [6, 6.07) is 2.28. The molecule has 16 heavy (non-hydrogen) atoms. The number of nitrogens with zero attached hydrogens (tertiary/aromatic N) is 3. The van der Waals surface area contributed by atoms with E-state index in [1.54, 1.807) is 12.3 Å². The minimum atomic E-state index is 0.476. The van der Waals surface area contributed by atoms with Crippen LogP contribution in [0.3, 0.4) is 0 Å². The van der Waals surface area contributed by atoms with Crippen LogP contribution in [0.15, 0.2) is 12.3 Å². The molecule has 0 bridgehead atoms. The van der Waals surface area contributed by atoms with Crippen LogP contribution in [-0.2, 0) is 0 Å². The molecule has 5 heteroatoms. The van der Waals surface area contributed by atoms with Gasteiger partial charge in [-0.2, -0.15) is 0 Å². The largest absolute Gasteiger partial charge is 0.369 e. The van der Waals surface area contributed by atoms with E-state index < -0.39 is 0 Å². The zero-order valence-electron chi connectivity index (χ0n) is 9.02. The van der Waals surface area contributed by atoms with Gasteiger partial charge in [0.25, 0.3) is 0 Å². The summed E-state index contributed by atoms with van der Waals surface area (Å²) in [5.74, 6) is 1.27. The Hall–Kier alpha value is -1.29. The summed E-state index contributed by atoms with van der Waals surface area (Å²) in [5, 5.41) is 0.597. The lowest BCUT2D eigenvalue weighted by Gasteiger charge is -2.03. The van der Waals surface area contributed by atoms with Gasteiger partial charge in [0.2, 0.25) is 5.95 Å². The van der Waals surface area contributed by atoms with Crippen molar-refractivity contribution in [3.8, 4) is 0 Å². The Morgan fingerprint density at radius 2 is 2.44 bits per heavy atom. The van der Waals surface area contributed by atoms with Crippen LogP contribution in [0.2, 0.25) is 5.02 Å². The quantitative estimate of drug-likeness (QED) is 0.872. The highest BCUT2D eigenvalue weighted by Gasteiger charge is 2.39. The smallest absolute Gasteiger partial charge is 0.202 e. The normalized spacial score (nSPS) is 23.9. The summed E-state index contributed by atoms with van der Waals surface area (Å²) >= 11 is 5.88. The van der Waals surface area contributed by atoms with Crippen molar-refractivity contribution in [3.63, 3.8) is 0 Å². The van der Waals surface area contributed by atoms with Gasteiger partial charge < -0.3 is 5.73 Å². The maximum atomic E-state index is 5.93. The minimum absolute atomic E-state index is 0.476. The number of hydrogen-bond acceptors (Lipinski definition) is 3. The molecule has 1 saturated carbocycles. The number of aromatic nitrogens is 3. The van der Waals surface area contributed by atoms with Crippen molar-refractivity contribution in [3.05, 3.63) is 17.3 Å². The lowest BCUT2D eigenvalue weighted by molar-refractivity contribution is 0.657. The van der Waals surface area contributed by atoms with Crippen molar-refractivity contribution in [2.24, 2.45) is 5.92 Å². The molecule has 2 atom stereocenters. The molecule has 0 spiro atoms. The zero-order valence-corrected chi connectivity index (χ0v) is 9.78. The molecule has 2 heterocycles. The van der Waals surface area contributed by atoms with Crippen LogP contribution >= 0.6 is 11.6 Å². The van der Waals surface area contributed by atoms with E-state index in [-0.39, 0.29) is 0 Å². The lowest BCUT2D eigenvalue weighted by atomic mass is 10.3. The molecule has 1 aliphatic rings. The average molecular weight is 237 g/mol. The second-order valence-corrected chi connectivity index (χ2v) is 4.74. The van der Waals surface area contributed by atoms with E-state index in [4.69, 9.17) is 17.3 Å². The van der Waals surface area contributed by atoms with E-state index in [9.17, 15) is 0 Å². The number of halogens is 1. The van der Waals surface area contributed by atoms with E-state index in [0.717, 1.165) is 17.1 Å². The van der Waals surface area contributed by atoms with E-state index in [2.05, 4.69) is 16.9 Å². The van der Waals surface area contributed by atoms with Crippen molar-refractivity contribution in [2.45, 2.75) is 25.8 Å². The van der Waals surface area contributed by atoms with Gasteiger partial charge in [-0.25, -0.2) is 9.97 Å². The predicted molar refractivity (Wildman–Crippen MR) is 64.4 cm³/mol. The van der Waals surface area contributed by atoms with E-state index >= 15 is 0 Å². The second kappa shape index (κ2) is 3.35. The molecule has 84 valence electrons. The van der Waals surface area contributed by atoms with Gasteiger partial charge in [0.15, 0.2) is 5.65 Å². The number of nitrogens with two attached hydrogens (primary N) is 1. The van der Waals surface area contributed by atoms with Crippen LogP contribution in [0.5, 0.6) is 0 Å². The Balaban J connectivity index is 2.13. The van der Waals surface area contributed by atoms with Gasteiger partial charge in [-0.05, 0) is 18.4 Å². The third kappa shape index (κ3) is 1.37. The first kappa shape index (κ1) is 9.90. The second-order valence-electron chi connectivity index (χ2n) is 4.31. The number of hydrogen-bond donors (Lipinski definition) is 1. The molecule has 0 amide bonds. The first-order chi connectivity index (χ1) is 7.70. The van der Waals surface area contributed by atoms with E-state index in [0.29, 0.717) is 17.0 Å². The standard InChI is InChI=1S/C11H13ClN4/c1-2-6-3-9(6)16-10-8(15-11(16)13)4-7(12)5-14-10/h4-6,9H,2-3H2,1H3,(H2,13,15). The number of anilines is 1. The molecule has 4 nitrogen and oxygen atoms in total. The van der Waals surface area contributed by atoms with Crippen LogP contribution in [0, 0.1) is 5.92 Å². The molecule has 2 unspecified atom stereocenters. The van der Waals surface area contributed by atoms with E-state index in [1.165, 1.54) is 12.8 Å². The van der Waals surface area contributed by atoms with E-state index in [1.807, 2.05) is 4.57 Å². The van der Waals surface area contributed by atoms with Gasteiger partial charge in [0.1, 0.15) is 5.52 Å². The fourth-order valence-corrected chi connectivity index (χ4v) is 2.44. The number of pyridine rings is 1. The molecule has 2 aromatic heterocycles. The zero-order chi connectivity index (χ0) is 11.3. The van der Waals surface area contributed by atoms with Gasteiger partial charge in [-0.3, -0.25) is 4.57 Å². The fraction of sp³-hybridized carbons (Fsp3) is 0.455. The fourth-order valence-electron chi connectivity index (χ4n) is 2.29. The molecule has 2 aromatic rings. The highest BCUT2D eigenvalue weighted by molar-refractivity contribution is 6.31. The van der Waals surface area contributed by atoms with Gasteiger partial charge >= 0.3 is 0 Å². The molecule has 0 aliphatic heterocycles. The molecule has 0 radical (unpaired) electrons. The van der Waals surface area contributed by atoms with Crippen molar-refractivity contribution >= 4 is 28.7 Å². The Kier molecular flexibility index (Phi) is 2.07. The van der Waals surface area contributed by atoms with Gasteiger partial charge in [0, 0.05) is 12.2 Å². The molecule has 1 aliphatic carbocycles. The Morgan fingerprint density at radius 1 is 1.62 bits per heavy atom. The first-order valence-corrected chi connectivity index (χ1v) is 5.87. The molecule has 0 saturated heterocycles. The third-order valence-corrected chi connectivity index (χ3v) is 3.47. The topological polar surface area (TPSA) is 56.7 Å². The van der Waals surface area contributed by atoms with Crippen LogP contribution in [0.4, 0.5) is 5.95 Å². The van der Waals surface area contributed by atoms with Crippen molar-refractivity contribution in [2.75, 3.05) is 5.73 Å². The van der Waals surface area contributed by atoms with Crippen LogP contribution in [-0.4, -0.2) is 14.5 Å². The highest BCUT2D eigenvalue weighted by atomic mass is 35.5. The number of imidazole rings is 1. The average Bonchev–Trinajstić information content (AvgIpc) is 2.94. The summed E-state index contributed by atoms with van der Waals surface area (Å²) in [4.78, 5) is 8.62. The number of rotatable bonds is 2. The van der Waals surface area contributed by atoms with Crippen LogP contribution in [0.1, 0.15) is 25.8 Å². The van der Waals surface area contributed by atoms with Gasteiger partial charge in [-0.15, -0.1) is 0 Å². The molecule has 2 N–H and O–H groups in total. The SMILES string of the molecule is CCC1CC1n1c(N)nc2cc(Cl)cnc21. The number of fused-ring (bicyclic) bond motifs is 1. The minimum Gasteiger partial charge on any atom is -0.369 e. The molecule has 3 rings (SSSR count). The molecule has 1 fully saturated rings. The Bertz CT molecular complexity index is 548. The van der Waals surface area contributed by atoms with Crippen molar-refractivity contribution < 1.29 is 0 Å². The highest BCUT2D eigenvalue weighted by Crippen LogP contribution is 2.47. The van der Waals surface area contributed by atoms with Gasteiger partial charge in [-0.1, -0.05) is 24.9 Å². The summed E-state index contributed by atoms with van der Waals surface area (Å²) in [6.07, 6.45) is 4.00. The van der Waals surface area contributed by atoms with Gasteiger partial charge in [0.05, 0.1) is 5.02 Å². The molecule has 0 aromatic carbocycles. The third-order valence-electron chi connectivity index (χ3n) is 3.27. The monoisotopic (exact) mass is 236 g/mol. The van der Waals surface area contributed by atoms with Crippen molar-refractivity contribution in [1.29, 1.82) is 0 Å². The molecular formula is C11H13ClN4. The summed E-state index contributed by atoms with van der Waals surface area (Å²) in [7, 11) is 0. The number of nitrogen functional groups attached to an aromatic ring is 1. The van der Waals surface area contributed by atoms with Crippen LogP contribution in [0.25, 0.3) is 11.2 Å². The van der Waals surface area contributed by atoms with Crippen LogP contribution < -0.4 is 5.73 Å². The summed E-state index contributed by atoms with van der Waals surface area (Å²) in [6.45, 7) is 2.20. The predicted octanol–water partition coefficient (Wildman–Crippen LogP) is 2.64.